The van der Waals surface area contributed by atoms with Crippen molar-refractivity contribution in [3.8, 4) is 0 Å². The molecule has 1 aliphatic rings. The minimum absolute atomic E-state index is 0. The Bertz CT molecular complexity index is 151. The summed E-state index contributed by atoms with van der Waals surface area (Å²) in [6.45, 7) is 2.10. The quantitative estimate of drug-likeness (QED) is 0.772. The normalized spacial score (nSPS) is 21.1. The maximum atomic E-state index is 10.5. The van der Waals surface area contributed by atoms with Gasteiger partial charge in [-0.1, -0.05) is 26.2 Å². The van der Waals surface area contributed by atoms with Gasteiger partial charge in [0.25, 0.3) is 0 Å². The second-order valence-corrected chi connectivity index (χ2v) is 3.94. The molecule has 0 aromatic carbocycles. The third-order valence-electron chi connectivity index (χ3n) is 2.64. The van der Waals surface area contributed by atoms with Crippen LogP contribution in [-0.4, -0.2) is 11.1 Å². The molecule has 1 saturated carbocycles. The van der Waals surface area contributed by atoms with Crippen LogP contribution in [0, 0.1) is 5.41 Å². The van der Waals surface area contributed by atoms with Crippen molar-refractivity contribution in [3.05, 3.63) is 0 Å². The molecule has 0 unspecified atom stereocenters. The van der Waals surface area contributed by atoms with Gasteiger partial charge in [0.15, 0.2) is 0 Å². The summed E-state index contributed by atoms with van der Waals surface area (Å²) in [6.07, 6.45) is 6.26. The van der Waals surface area contributed by atoms with Crippen LogP contribution in [0.3, 0.4) is 0 Å². The van der Waals surface area contributed by atoms with Gasteiger partial charge in [-0.25, -0.2) is 0 Å². The molecule has 0 amide bonds. The van der Waals surface area contributed by atoms with Crippen molar-refractivity contribution in [3.63, 3.8) is 0 Å². The zero-order valence-electron chi connectivity index (χ0n) is 7.81. The van der Waals surface area contributed by atoms with Gasteiger partial charge in [0, 0.05) is 27.7 Å². The van der Waals surface area contributed by atoms with Crippen LogP contribution in [0.15, 0.2) is 0 Å². The largest absolute Gasteiger partial charge is 0.481 e. The van der Waals surface area contributed by atoms with Crippen LogP contribution < -0.4 is 0 Å². The van der Waals surface area contributed by atoms with Gasteiger partial charge in [-0.3, -0.25) is 4.79 Å². The molecule has 0 atom stereocenters. The number of carboxylic acid groups (broad SMARTS) is 1. The zero-order chi connectivity index (χ0) is 8.32. The third kappa shape index (κ3) is 3.88. The molecule has 1 fully saturated rings. The Kier molecular flexibility index (Phi) is 5.38. The SMILES string of the molecule is CC1(CC(=O)O)CCCCC1.[Hg]. The van der Waals surface area contributed by atoms with Crippen molar-refractivity contribution in [2.45, 2.75) is 45.4 Å². The number of rotatable bonds is 2. The van der Waals surface area contributed by atoms with Crippen molar-refractivity contribution in [2.24, 2.45) is 5.41 Å². The van der Waals surface area contributed by atoms with Crippen LogP contribution in [0.2, 0.25) is 0 Å². The molecule has 0 aliphatic heterocycles. The molecule has 3 heteroatoms. The summed E-state index contributed by atoms with van der Waals surface area (Å²) < 4.78 is 0. The van der Waals surface area contributed by atoms with E-state index in [0.717, 1.165) is 12.8 Å². The van der Waals surface area contributed by atoms with E-state index in [1.165, 1.54) is 19.3 Å². The van der Waals surface area contributed by atoms with Gasteiger partial charge in [0.1, 0.15) is 0 Å². The van der Waals surface area contributed by atoms with Crippen molar-refractivity contribution in [2.75, 3.05) is 0 Å². The predicted molar refractivity (Wildman–Crippen MR) is 43.4 cm³/mol. The molecule has 0 heterocycles. The van der Waals surface area contributed by atoms with Crippen LogP contribution in [0.4, 0.5) is 0 Å². The van der Waals surface area contributed by atoms with E-state index in [9.17, 15) is 4.79 Å². The van der Waals surface area contributed by atoms with E-state index in [1.807, 2.05) is 0 Å². The van der Waals surface area contributed by atoms with Crippen LogP contribution in [0.5, 0.6) is 0 Å². The molecule has 1 aliphatic carbocycles. The molecule has 0 aromatic heterocycles. The Balaban J connectivity index is 0.00000121. The van der Waals surface area contributed by atoms with E-state index in [2.05, 4.69) is 6.92 Å². The molecular formula is C9H16HgO2. The number of hydrogen-bond acceptors (Lipinski definition) is 1. The molecule has 0 spiro atoms. The summed E-state index contributed by atoms with van der Waals surface area (Å²) in [5.41, 5.74) is 0.101. The van der Waals surface area contributed by atoms with Gasteiger partial charge in [0.05, 0.1) is 6.42 Å². The van der Waals surface area contributed by atoms with Crippen molar-refractivity contribution in [1.82, 2.24) is 0 Å². The molecular weight excluding hydrogens is 341 g/mol. The summed E-state index contributed by atoms with van der Waals surface area (Å²) in [5, 5.41) is 8.63. The van der Waals surface area contributed by atoms with E-state index >= 15 is 0 Å². The van der Waals surface area contributed by atoms with E-state index in [-0.39, 0.29) is 33.1 Å². The molecule has 2 nitrogen and oxygen atoms in total. The van der Waals surface area contributed by atoms with Crippen LogP contribution in [0.1, 0.15) is 45.4 Å². The number of hydrogen-bond donors (Lipinski definition) is 1. The van der Waals surface area contributed by atoms with Gasteiger partial charge >= 0.3 is 5.97 Å². The smallest absolute Gasteiger partial charge is 0.303 e. The zero-order valence-corrected chi connectivity index (χ0v) is 13.3. The average molecular weight is 357 g/mol. The molecule has 0 saturated heterocycles. The maximum absolute atomic E-state index is 10.5. The van der Waals surface area contributed by atoms with Crippen LogP contribution >= 0.6 is 0 Å². The Morgan fingerprint density at radius 3 is 2.25 bits per heavy atom. The number of aliphatic carboxylic acids is 1. The second-order valence-electron chi connectivity index (χ2n) is 3.94. The molecule has 12 heavy (non-hydrogen) atoms. The molecule has 66 valence electrons. The van der Waals surface area contributed by atoms with Crippen LogP contribution in [0.25, 0.3) is 0 Å². The average Bonchev–Trinajstić information content (AvgIpc) is 1.85. The maximum Gasteiger partial charge on any atom is 0.303 e. The van der Waals surface area contributed by atoms with E-state index in [1.54, 1.807) is 0 Å². The first kappa shape index (κ1) is 12.4. The fraction of sp³-hybridized carbons (Fsp3) is 0.889. The second kappa shape index (κ2) is 5.20. The molecule has 0 radical (unpaired) electrons. The Morgan fingerprint density at radius 2 is 1.83 bits per heavy atom. The van der Waals surface area contributed by atoms with Gasteiger partial charge in [-0.05, 0) is 18.3 Å². The minimum Gasteiger partial charge on any atom is -0.481 e. The summed E-state index contributed by atoms with van der Waals surface area (Å²) in [6, 6.07) is 0. The predicted octanol–water partition coefficient (Wildman–Crippen LogP) is 2.43. The molecule has 0 aromatic rings. The first-order chi connectivity index (χ1) is 5.12. The van der Waals surface area contributed by atoms with Crippen molar-refractivity contribution in [1.29, 1.82) is 0 Å². The number of carbonyl (C=O) groups is 1. The Hall–Kier alpha value is 0.405. The fourth-order valence-corrected chi connectivity index (χ4v) is 1.95. The minimum atomic E-state index is -0.644. The topological polar surface area (TPSA) is 37.3 Å². The molecule has 1 rings (SSSR count). The van der Waals surface area contributed by atoms with Gasteiger partial charge in [0.2, 0.25) is 0 Å². The first-order valence-corrected chi connectivity index (χ1v) is 4.34. The van der Waals surface area contributed by atoms with E-state index in [4.69, 9.17) is 5.11 Å². The summed E-state index contributed by atoms with van der Waals surface area (Å²) >= 11 is 0. The fourth-order valence-electron chi connectivity index (χ4n) is 1.95. The Morgan fingerprint density at radius 1 is 1.33 bits per heavy atom. The first-order valence-electron chi connectivity index (χ1n) is 4.34. The van der Waals surface area contributed by atoms with E-state index < -0.39 is 5.97 Å². The van der Waals surface area contributed by atoms with Gasteiger partial charge < -0.3 is 5.11 Å². The Labute approximate surface area is 94.2 Å². The molecule has 0 bridgehead atoms. The van der Waals surface area contributed by atoms with Gasteiger partial charge in [-0.2, -0.15) is 0 Å². The molecule has 1 N–H and O–H groups in total. The summed E-state index contributed by atoms with van der Waals surface area (Å²) in [4.78, 5) is 10.5. The van der Waals surface area contributed by atoms with Crippen LogP contribution in [-0.2, 0) is 32.5 Å². The van der Waals surface area contributed by atoms with Crippen molar-refractivity contribution < 1.29 is 37.6 Å². The van der Waals surface area contributed by atoms with Crippen molar-refractivity contribution >= 4 is 5.97 Å². The number of carboxylic acids is 1. The summed E-state index contributed by atoms with van der Waals surface area (Å²) in [5.74, 6) is -0.644. The third-order valence-corrected chi connectivity index (χ3v) is 2.64. The standard InChI is InChI=1S/C9H16O2.Hg/c1-9(7-8(10)11)5-3-2-4-6-9;/h2-7H2,1H3,(H,10,11);. The monoisotopic (exact) mass is 358 g/mol. The van der Waals surface area contributed by atoms with E-state index in [0.29, 0.717) is 6.42 Å². The summed E-state index contributed by atoms with van der Waals surface area (Å²) in [7, 11) is 0. The van der Waals surface area contributed by atoms with Gasteiger partial charge in [-0.15, -0.1) is 0 Å².